The molecule has 0 aliphatic heterocycles. The molecule has 0 saturated carbocycles. The molecule has 0 aromatic heterocycles. The van der Waals surface area contributed by atoms with Crippen molar-refractivity contribution in [1.82, 2.24) is 0 Å². The smallest absolute Gasteiger partial charge is 0.0605 e. The maximum atomic E-state index is 9.74. The number of rotatable bonds is 6. The van der Waals surface area contributed by atoms with Gasteiger partial charge < -0.3 is 5.11 Å². The Morgan fingerprint density at radius 1 is 1.42 bits per heavy atom. The molecule has 0 heterocycles. The maximum Gasteiger partial charge on any atom is 0.0605 e. The van der Waals surface area contributed by atoms with Crippen LogP contribution in [0.2, 0.25) is 0 Å². The highest BCUT2D eigenvalue weighted by molar-refractivity contribution is 4.79. The molecule has 12 heavy (non-hydrogen) atoms. The summed E-state index contributed by atoms with van der Waals surface area (Å²) < 4.78 is 0. The van der Waals surface area contributed by atoms with Crippen LogP contribution in [0.1, 0.15) is 40.0 Å². The lowest BCUT2D eigenvalue weighted by molar-refractivity contribution is 0.0780. The van der Waals surface area contributed by atoms with Crippen LogP contribution in [0, 0.1) is 11.8 Å². The Labute approximate surface area is 76.5 Å². The topological polar surface area (TPSA) is 20.2 Å². The molecule has 1 heteroatoms. The van der Waals surface area contributed by atoms with Crippen molar-refractivity contribution >= 4 is 0 Å². The van der Waals surface area contributed by atoms with Crippen LogP contribution in [-0.4, -0.2) is 11.2 Å². The van der Waals surface area contributed by atoms with E-state index in [2.05, 4.69) is 27.4 Å². The second-order valence-electron chi connectivity index (χ2n) is 3.79. The van der Waals surface area contributed by atoms with E-state index in [1.54, 1.807) is 6.08 Å². The molecule has 0 bridgehead atoms. The number of hydrogen-bond donors (Lipinski definition) is 1. The number of aliphatic hydroxyl groups is 1. The highest BCUT2D eigenvalue weighted by Gasteiger charge is 2.20. The van der Waals surface area contributed by atoms with Gasteiger partial charge >= 0.3 is 0 Å². The van der Waals surface area contributed by atoms with E-state index < -0.39 is 0 Å². The van der Waals surface area contributed by atoms with E-state index >= 15 is 0 Å². The van der Waals surface area contributed by atoms with Gasteiger partial charge in [0.2, 0.25) is 0 Å². The summed E-state index contributed by atoms with van der Waals surface area (Å²) in [7, 11) is 0. The SMILES string of the molecule is C=CCC(O)C(CCC)C(C)C. The van der Waals surface area contributed by atoms with Crippen molar-refractivity contribution in [3.63, 3.8) is 0 Å². The summed E-state index contributed by atoms with van der Waals surface area (Å²) in [6, 6.07) is 0. The quantitative estimate of drug-likeness (QED) is 0.608. The third-order valence-corrected chi connectivity index (χ3v) is 2.38. The van der Waals surface area contributed by atoms with Gasteiger partial charge in [-0.1, -0.05) is 33.3 Å². The van der Waals surface area contributed by atoms with E-state index in [9.17, 15) is 5.11 Å². The van der Waals surface area contributed by atoms with Crippen LogP contribution in [-0.2, 0) is 0 Å². The molecule has 0 radical (unpaired) electrons. The van der Waals surface area contributed by atoms with Crippen LogP contribution in [0.3, 0.4) is 0 Å². The van der Waals surface area contributed by atoms with E-state index in [1.165, 1.54) is 0 Å². The standard InChI is InChI=1S/C11H22O/c1-5-7-10(9(3)4)11(12)8-6-2/h6,9-12H,2,5,7-8H2,1,3-4H3. The molecule has 0 amide bonds. The van der Waals surface area contributed by atoms with E-state index in [-0.39, 0.29) is 6.10 Å². The first-order valence-corrected chi connectivity index (χ1v) is 4.92. The lowest BCUT2D eigenvalue weighted by Gasteiger charge is -2.25. The van der Waals surface area contributed by atoms with Gasteiger partial charge in [0.15, 0.2) is 0 Å². The molecular formula is C11H22O. The Kier molecular flexibility index (Phi) is 6.09. The van der Waals surface area contributed by atoms with Gasteiger partial charge in [-0.05, 0) is 24.7 Å². The Morgan fingerprint density at radius 3 is 2.33 bits per heavy atom. The van der Waals surface area contributed by atoms with E-state index in [0.717, 1.165) is 19.3 Å². The van der Waals surface area contributed by atoms with E-state index in [4.69, 9.17) is 0 Å². The molecule has 2 atom stereocenters. The van der Waals surface area contributed by atoms with Crippen LogP contribution in [0.4, 0.5) is 0 Å². The fourth-order valence-electron chi connectivity index (χ4n) is 1.65. The predicted molar refractivity (Wildman–Crippen MR) is 54.1 cm³/mol. The predicted octanol–water partition coefficient (Wildman–Crippen LogP) is 3.00. The molecule has 1 nitrogen and oxygen atoms in total. The first-order valence-electron chi connectivity index (χ1n) is 4.92. The Balaban J connectivity index is 3.98. The van der Waals surface area contributed by atoms with Crippen molar-refractivity contribution in [3.8, 4) is 0 Å². The van der Waals surface area contributed by atoms with Crippen molar-refractivity contribution in [2.45, 2.75) is 46.1 Å². The summed E-state index contributed by atoms with van der Waals surface area (Å²) in [4.78, 5) is 0. The van der Waals surface area contributed by atoms with Gasteiger partial charge in [0.05, 0.1) is 6.10 Å². The average molecular weight is 170 g/mol. The van der Waals surface area contributed by atoms with Gasteiger partial charge in [-0.2, -0.15) is 0 Å². The first kappa shape index (κ1) is 11.7. The minimum Gasteiger partial charge on any atom is -0.393 e. The first-order chi connectivity index (χ1) is 5.63. The second-order valence-corrected chi connectivity index (χ2v) is 3.79. The average Bonchev–Trinajstić information content (AvgIpc) is 1.99. The molecule has 0 rings (SSSR count). The molecule has 2 unspecified atom stereocenters. The van der Waals surface area contributed by atoms with E-state index in [1.807, 2.05) is 0 Å². The van der Waals surface area contributed by atoms with Crippen molar-refractivity contribution in [1.29, 1.82) is 0 Å². The lowest BCUT2D eigenvalue weighted by atomic mass is 9.85. The van der Waals surface area contributed by atoms with Crippen LogP contribution in [0.25, 0.3) is 0 Å². The van der Waals surface area contributed by atoms with Crippen LogP contribution in [0.15, 0.2) is 12.7 Å². The van der Waals surface area contributed by atoms with Crippen LogP contribution < -0.4 is 0 Å². The largest absolute Gasteiger partial charge is 0.393 e. The Hall–Kier alpha value is -0.300. The lowest BCUT2D eigenvalue weighted by Crippen LogP contribution is -2.24. The third-order valence-electron chi connectivity index (χ3n) is 2.38. The number of aliphatic hydroxyl groups excluding tert-OH is 1. The van der Waals surface area contributed by atoms with Gasteiger partial charge in [0, 0.05) is 0 Å². The molecule has 0 aromatic rings. The van der Waals surface area contributed by atoms with Gasteiger partial charge in [0.1, 0.15) is 0 Å². The second kappa shape index (κ2) is 6.24. The Bertz CT molecular complexity index is 118. The Morgan fingerprint density at radius 2 is 2.00 bits per heavy atom. The zero-order valence-electron chi connectivity index (χ0n) is 8.59. The van der Waals surface area contributed by atoms with E-state index in [0.29, 0.717) is 11.8 Å². The summed E-state index contributed by atoms with van der Waals surface area (Å²) in [5.41, 5.74) is 0. The molecule has 0 spiro atoms. The van der Waals surface area contributed by atoms with Crippen molar-refractivity contribution in [3.05, 3.63) is 12.7 Å². The van der Waals surface area contributed by atoms with Gasteiger partial charge in [0.25, 0.3) is 0 Å². The molecule has 72 valence electrons. The van der Waals surface area contributed by atoms with Crippen molar-refractivity contribution < 1.29 is 5.11 Å². The molecule has 0 saturated heterocycles. The van der Waals surface area contributed by atoms with Crippen LogP contribution >= 0.6 is 0 Å². The molecule has 0 aliphatic carbocycles. The van der Waals surface area contributed by atoms with Crippen LogP contribution in [0.5, 0.6) is 0 Å². The fourth-order valence-corrected chi connectivity index (χ4v) is 1.65. The minimum absolute atomic E-state index is 0.192. The minimum atomic E-state index is -0.192. The van der Waals surface area contributed by atoms with Crippen molar-refractivity contribution in [2.75, 3.05) is 0 Å². The zero-order chi connectivity index (χ0) is 9.56. The molecule has 0 aliphatic rings. The molecule has 0 fully saturated rings. The summed E-state index contributed by atoms with van der Waals surface area (Å²) in [5.74, 6) is 1.01. The monoisotopic (exact) mass is 170 g/mol. The van der Waals surface area contributed by atoms with Gasteiger partial charge in [-0.3, -0.25) is 0 Å². The van der Waals surface area contributed by atoms with Crippen molar-refractivity contribution in [2.24, 2.45) is 11.8 Å². The summed E-state index contributed by atoms with van der Waals surface area (Å²) in [6.45, 7) is 10.2. The maximum absolute atomic E-state index is 9.74. The van der Waals surface area contributed by atoms with Gasteiger partial charge in [-0.25, -0.2) is 0 Å². The molecular weight excluding hydrogens is 148 g/mol. The summed E-state index contributed by atoms with van der Waals surface area (Å²) in [5, 5.41) is 9.74. The zero-order valence-corrected chi connectivity index (χ0v) is 8.59. The summed E-state index contributed by atoms with van der Waals surface area (Å²) >= 11 is 0. The van der Waals surface area contributed by atoms with Gasteiger partial charge in [-0.15, -0.1) is 6.58 Å². The number of hydrogen-bond acceptors (Lipinski definition) is 1. The highest BCUT2D eigenvalue weighted by Crippen LogP contribution is 2.22. The molecule has 1 N–H and O–H groups in total. The third kappa shape index (κ3) is 3.91. The highest BCUT2D eigenvalue weighted by atomic mass is 16.3. The fraction of sp³-hybridized carbons (Fsp3) is 0.818. The molecule has 0 aromatic carbocycles. The summed E-state index contributed by atoms with van der Waals surface area (Å²) in [6.07, 6.45) is 4.60. The normalized spacial score (nSPS) is 16.1.